The molecule has 0 spiro atoms. The summed E-state index contributed by atoms with van der Waals surface area (Å²) in [6, 6.07) is 5.87. The Kier molecular flexibility index (Phi) is 7.89. The molecule has 2 aromatic rings. The lowest BCUT2D eigenvalue weighted by atomic mass is 9.80. The molecule has 1 aromatic heterocycles. The van der Waals surface area contributed by atoms with Crippen molar-refractivity contribution >= 4 is 23.5 Å². The van der Waals surface area contributed by atoms with Crippen LogP contribution >= 0.6 is 11.8 Å². The molecular formula is C23H34N4O3S. The summed E-state index contributed by atoms with van der Waals surface area (Å²) in [7, 11) is 1.72. The smallest absolute Gasteiger partial charge is 0.270 e. The molecule has 3 N–H and O–H groups in total. The molecule has 1 aliphatic rings. The van der Waals surface area contributed by atoms with E-state index in [-0.39, 0.29) is 16.8 Å². The first kappa shape index (κ1) is 23.5. The van der Waals surface area contributed by atoms with Gasteiger partial charge >= 0.3 is 0 Å². The maximum Gasteiger partial charge on any atom is 0.270 e. The molecule has 1 atom stereocenters. The highest BCUT2D eigenvalue weighted by molar-refractivity contribution is 7.99. The molecule has 3 rings (SSSR count). The minimum Gasteiger partial charge on any atom is -0.492 e. The predicted octanol–water partition coefficient (Wildman–Crippen LogP) is 4.23. The highest BCUT2D eigenvalue weighted by Crippen LogP contribution is 2.38. The molecular weight excluding hydrogens is 412 g/mol. The van der Waals surface area contributed by atoms with Gasteiger partial charge in [0.25, 0.3) is 5.56 Å². The molecule has 1 unspecified atom stereocenters. The number of nitrogen functional groups attached to an aromatic ring is 1. The van der Waals surface area contributed by atoms with Crippen molar-refractivity contribution in [3.05, 3.63) is 34.1 Å². The summed E-state index contributed by atoms with van der Waals surface area (Å²) in [6.45, 7) is 9.06. The van der Waals surface area contributed by atoms with Gasteiger partial charge in [-0.1, -0.05) is 37.2 Å². The third kappa shape index (κ3) is 5.36. The van der Waals surface area contributed by atoms with Gasteiger partial charge in [-0.3, -0.25) is 9.36 Å². The van der Waals surface area contributed by atoms with Gasteiger partial charge in [-0.2, -0.15) is 4.98 Å². The first-order chi connectivity index (χ1) is 14.9. The number of hydrogen-bond donors (Lipinski definition) is 2. The van der Waals surface area contributed by atoms with Gasteiger partial charge in [-0.25, -0.2) is 0 Å². The Morgan fingerprint density at radius 1 is 1.35 bits per heavy atom. The summed E-state index contributed by atoms with van der Waals surface area (Å²) >= 11 is 1.30. The third-order valence-electron chi connectivity index (χ3n) is 5.86. The van der Waals surface area contributed by atoms with Crippen molar-refractivity contribution in [1.82, 2.24) is 9.55 Å². The molecule has 1 aliphatic heterocycles. The van der Waals surface area contributed by atoms with Crippen LogP contribution in [0, 0.1) is 12.3 Å². The Balaban J connectivity index is 1.77. The van der Waals surface area contributed by atoms with E-state index in [4.69, 9.17) is 15.2 Å². The summed E-state index contributed by atoms with van der Waals surface area (Å²) in [5.41, 5.74) is 7.30. The van der Waals surface area contributed by atoms with Gasteiger partial charge in [0.15, 0.2) is 0 Å². The lowest BCUT2D eigenvalue weighted by Crippen LogP contribution is -2.28. The Morgan fingerprint density at radius 3 is 2.84 bits per heavy atom. The number of nitrogens with two attached hydrogens (primary N) is 1. The standard InChI is InChI=1S/C23H34N4O3S/c1-5-10-23(12-14-29-15-23)11-13-25-22-26-20(24)19(21(28)27(22)4)31-17-9-7-8-16(3)18(17)30-6-2/h7-9H,5-6,10-15,24H2,1-4H3,(H,25,26). The molecule has 0 amide bonds. The number of aryl methyl sites for hydroxylation is 1. The highest BCUT2D eigenvalue weighted by Gasteiger charge is 2.33. The summed E-state index contributed by atoms with van der Waals surface area (Å²) in [5, 5.41) is 3.32. The van der Waals surface area contributed by atoms with Gasteiger partial charge < -0.3 is 20.5 Å². The van der Waals surface area contributed by atoms with Gasteiger partial charge in [0, 0.05) is 20.2 Å². The molecule has 7 nitrogen and oxygen atoms in total. The van der Waals surface area contributed by atoms with Crippen LogP contribution in [0.4, 0.5) is 11.8 Å². The van der Waals surface area contributed by atoms with E-state index in [2.05, 4.69) is 17.2 Å². The molecule has 1 fully saturated rings. The Hall–Kier alpha value is -2.19. The van der Waals surface area contributed by atoms with Crippen LogP contribution in [0.1, 0.15) is 45.1 Å². The maximum atomic E-state index is 13.1. The van der Waals surface area contributed by atoms with Crippen molar-refractivity contribution in [1.29, 1.82) is 0 Å². The van der Waals surface area contributed by atoms with E-state index in [0.29, 0.717) is 17.5 Å². The monoisotopic (exact) mass is 446 g/mol. The van der Waals surface area contributed by atoms with E-state index in [1.807, 2.05) is 32.0 Å². The Bertz CT molecular complexity index is 955. The Labute approximate surface area is 188 Å². The lowest BCUT2D eigenvalue weighted by molar-refractivity contribution is 0.141. The average Bonchev–Trinajstić information content (AvgIpc) is 3.20. The van der Waals surface area contributed by atoms with Crippen molar-refractivity contribution < 1.29 is 9.47 Å². The SMILES string of the molecule is CCCC1(CCNc2nc(N)c(Sc3cccc(C)c3OCC)c(=O)n2C)CCOC1. The van der Waals surface area contributed by atoms with E-state index in [0.717, 1.165) is 61.7 Å². The van der Waals surface area contributed by atoms with Gasteiger partial charge in [0.1, 0.15) is 16.5 Å². The molecule has 1 saturated heterocycles. The lowest BCUT2D eigenvalue weighted by Gasteiger charge is -2.27. The number of rotatable bonds is 10. The van der Waals surface area contributed by atoms with Crippen molar-refractivity contribution in [2.75, 3.05) is 37.4 Å². The van der Waals surface area contributed by atoms with Gasteiger partial charge in [0.05, 0.1) is 18.1 Å². The summed E-state index contributed by atoms with van der Waals surface area (Å²) in [4.78, 5) is 18.8. The molecule has 2 heterocycles. The quantitative estimate of drug-likeness (QED) is 0.564. The summed E-state index contributed by atoms with van der Waals surface area (Å²) in [5.74, 6) is 1.50. The number of benzene rings is 1. The number of hydrogen-bond acceptors (Lipinski definition) is 7. The van der Waals surface area contributed by atoms with E-state index < -0.39 is 0 Å². The van der Waals surface area contributed by atoms with Crippen LogP contribution in [-0.4, -0.2) is 35.9 Å². The molecule has 31 heavy (non-hydrogen) atoms. The molecule has 1 aromatic carbocycles. The van der Waals surface area contributed by atoms with Crippen molar-refractivity contribution in [3.63, 3.8) is 0 Å². The van der Waals surface area contributed by atoms with Gasteiger partial charge in [-0.05, 0) is 50.2 Å². The van der Waals surface area contributed by atoms with Crippen LogP contribution in [0.25, 0.3) is 0 Å². The molecule has 8 heteroatoms. The fourth-order valence-corrected chi connectivity index (χ4v) is 5.19. The van der Waals surface area contributed by atoms with Crippen LogP contribution in [-0.2, 0) is 11.8 Å². The highest BCUT2D eigenvalue weighted by atomic mass is 32.2. The summed E-state index contributed by atoms with van der Waals surface area (Å²) < 4.78 is 13.0. The van der Waals surface area contributed by atoms with Crippen molar-refractivity contribution in [2.24, 2.45) is 12.5 Å². The van der Waals surface area contributed by atoms with Crippen LogP contribution < -0.4 is 21.3 Å². The fourth-order valence-electron chi connectivity index (χ4n) is 4.14. The molecule has 0 radical (unpaired) electrons. The zero-order valence-corrected chi connectivity index (χ0v) is 19.8. The van der Waals surface area contributed by atoms with E-state index in [9.17, 15) is 4.79 Å². The zero-order chi connectivity index (χ0) is 22.4. The normalized spacial score (nSPS) is 18.3. The number of anilines is 2. The maximum absolute atomic E-state index is 13.1. The first-order valence-electron chi connectivity index (χ1n) is 11.0. The van der Waals surface area contributed by atoms with Crippen molar-refractivity contribution in [2.45, 2.75) is 56.2 Å². The second kappa shape index (κ2) is 10.4. The van der Waals surface area contributed by atoms with Crippen LogP contribution in [0.15, 0.2) is 32.8 Å². The Morgan fingerprint density at radius 2 is 2.16 bits per heavy atom. The minimum atomic E-state index is -0.170. The molecule has 170 valence electrons. The topological polar surface area (TPSA) is 91.4 Å². The minimum absolute atomic E-state index is 0.170. The average molecular weight is 447 g/mol. The van der Waals surface area contributed by atoms with Crippen LogP contribution in [0.2, 0.25) is 0 Å². The molecule has 0 aliphatic carbocycles. The van der Waals surface area contributed by atoms with E-state index in [1.54, 1.807) is 7.05 Å². The second-order valence-electron chi connectivity index (χ2n) is 8.18. The third-order valence-corrected chi connectivity index (χ3v) is 6.99. The summed E-state index contributed by atoms with van der Waals surface area (Å²) in [6.07, 6.45) is 4.36. The predicted molar refractivity (Wildman–Crippen MR) is 126 cm³/mol. The number of aromatic nitrogens is 2. The zero-order valence-electron chi connectivity index (χ0n) is 19.0. The molecule has 0 bridgehead atoms. The number of nitrogens with zero attached hydrogens (tertiary/aromatic N) is 2. The largest absolute Gasteiger partial charge is 0.492 e. The fraction of sp³-hybridized carbons (Fsp3) is 0.565. The van der Waals surface area contributed by atoms with Crippen molar-refractivity contribution in [3.8, 4) is 5.75 Å². The van der Waals surface area contributed by atoms with Crippen LogP contribution in [0.3, 0.4) is 0 Å². The van der Waals surface area contributed by atoms with Gasteiger partial charge in [-0.15, -0.1) is 0 Å². The number of para-hydroxylation sites is 1. The second-order valence-corrected chi connectivity index (χ2v) is 9.23. The van der Waals surface area contributed by atoms with E-state index >= 15 is 0 Å². The van der Waals surface area contributed by atoms with E-state index in [1.165, 1.54) is 16.3 Å². The van der Waals surface area contributed by atoms with Crippen LogP contribution in [0.5, 0.6) is 5.75 Å². The molecule has 0 saturated carbocycles. The number of nitrogens with one attached hydrogen (secondary N) is 1. The first-order valence-corrected chi connectivity index (χ1v) is 11.8. The van der Waals surface area contributed by atoms with Gasteiger partial charge in [0.2, 0.25) is 5.95 Å². The number of ether oxygens (including phenoxy) is 2.